The number of hydrogen-bond donors (Lipinski definition) is 4. The Labute approximate surface area is 375 Å². The van der Waals surface area contributed by atoms with Gasteiger partial charge >= 0.3 is 29.0 Å². The molecular formula is C45H40BrClMgN6O6. The zero-order chi connectivity index (χ0) is 40.3. The number of rotatable bonds is 5. The maximum Gasteiger partial charge on any atom is 2.00 e. The van der Waals surface area contributed by atoms with E-state index in [1.807, 2.05) is 108 Å². The summed E-state index contributed by atoms with van der Waals surface area (Å²) in [5.74, 6) is -0.383. The molecule has 0 radical (unpaired) electrons. The van der Waals surface area contributed by atoms with E-state index in [1.165, 1.54) is 7.11 Å². The van der Waals surface area contributed by atoms with Crippen molar-refractivity contribution in [1.29, 1.82) is 0 Å². The van der Waals surface area contributed by atoms with Gasteiger partial charge in [-0.15, -0.1) is 0 Å². The molecular weight excluding hydrogens is 860 g/mol. The summed E-state index contributed by atoms with van der Waals surface area (Å²) in [7, 11) is 1.34. The summed E-state index contributed by atoms with van der Waals surface area (Å²) in [6.07, 6.45) is 11.2. The number of nitrogens with zero attached hydrogens (tertiary/aromatic N) is 3. The number of carbonyl (C=O) groups is 1. The molecule has 302 valence electrons. The SMILES string of the molecule is CC(C)(O)c1ccc(-c2cn3cccc3c(=O)[nH]2)cc1.COC(=O)c1ccc(-c2cn3cccc3c(=O)[nH]2)cc1.O=c1[nH]c(-c2ccc(Br)cc2)cn2cccc12.[CH3-].[Cl-].[Mg+2]. The summed E-state index contributed by atoms with van der Waals surface area (Å²) in [4.78, 5) is 55.6. The van der Waals surface area contributed by atoms with Crippen molar-refractivity contribution in [2.24, 2.45) is 0 Å². The Balaban J connectivity index is 0.000000194. The Morgan fingerprint density at radius 3 is 1.27 bits per heavy atom. The van der Waals surface area contributed by atoms with Crippen LogP contribution >= 0.6 is 15.9 Å². The minimum atomic E-state index is -0.865. The predicted octanol–water partition coefficient (Wildman–Crippen LogP) is 4.73. The van der Waals surface area contributed by atoms with Crippen LogP contribution in [-0.4, -0.2) is 69.4 Å². The molecule has 3 aromatic carbocycles. The van der Waals surface area contributed by atoms with Crippen molar-refractivity contribution in [1.82, 2.24) is 28.2 Å². The van der Waals surface area contributed by atoms with Gasteiger partial charge < -0.3 is 57.8 Å². The molecule has 60 heavy (non-hydrogen) atoms. The van der Waals surface area contributed by atoms with Crippen molar-refractivity contribution >= 4 is 61.5 Å². The van der Waals surface area contributed by atoms with Crippen molar-refractivity contribution in [2.45, 2.75) is 19.4 Å². The molecule has 4 N–H and O–H groups in total. The number of aliphatic hydroxyl groups is 1. The van der Waals surface area contributed by atoms with E-state index < -0.39 is 5.60 Å². The van der Waals surface area contributed by atoms with Gasteiger partial charge in [-0.2, -0.15) is 0 Å². The van der Waals surface area contributed by atoms with E-state index in [2.05, 4.69) is 35.6 Å². The monoisotopic (exact) mass is 898 g/mol. The van der Waals surface area contributed by atoms with E-state index in [0.29, 0.717) is 27.8 Å². The average Bonchev–Trinajstić information content (AvgIpc) is 4.00. The largest absolute Gasteiger partial charge is 2.00 e. The maximum absolute atomic E-state index is 11.9. The summed E-state index contributed by atoms with van der Waals surface area (Å²) in [6.45, 7) is 3.49. The van der Waals surface area contributed by atoms with Gasteiger partial charge in [-0.05, 0) is 96.8 Å². The van der Waals surface area contributed by atoms with Crippen LogP contribution < -0.4 is 29.1 Å². The van der Waals surface area contributed by atoms with Crippen LogP contribution in [0.15, 0.2) is 165 Å². The fraction of sp³-hybridized carbons (Fsp3) is 0.0889. The van der Waals surface area contributed by atoms with Gasteiger partial charge in [0.05, 0.1) is 35.4 Å². The van der Waals surface area contributed by atoms with Crippen LogP contribution in [-0.2, 0) is 10.3 Å². The fourth-order valence-corrected chi connectivity index (χ4v) is 6.46. The molecule has 15 heteroatoms. The number of hydrogen-bond acceptors (Lipinski definition) is 6. The van der Waals surface area contributed by atoms with Crippen molar-refractivity contribution in [3.8, 4) is 33.8 Å². The van der Waals surface area contributed by atoms with E-state index >= 15 is 0 Å². The Morgan fingerprint density at radius 1 is 0.600 bits per heavy atom. The standard InChI is InChI=1S/C16H16N2O2.C15H12N2O3.C13H9BrN2O.CH3.ClH.Mg/c1-16(2,20)12-7-5-11(6-8-12)13-10-18-9-3-4-14(18)15(19)17-13;1-20-15(19)11-6-4-10(5-7-11)12-9-17-8-2-3-13(17)14(18)16-12;14-10-5-3-9(4-6-10)11-8-16-7-1-2-12(16)13(17)15-11;;;/h3-10,20H,1-2H3,(H,17,19);2-9H,1H3,(H,16,18);1-8H,(H,15,17);1H3;1H;/q;;;-1;;+2/p-1. The first-order chi connectivity index (χ1) is 27.4. The predicted molar refractivity (Wildman–Crippen MR) is 237 cm³/mol. The number of aromatic amines is 3. The molecule has 9 aromatic rings. The Kier molecular flexibility index (Phi) is 15.5. The van der Waals surface area contributed by atoms with Crippen LogP contribution in [0.4, 0.5) is 0 Å². The molecule has 6 heterocycles. The number of aromatic nitrogens is 6. The first-order valence-corrected chi connectivity index (χ1v) is 18.6. The fourth-order valence-electron chi connectivity index (χ4n) is 6.20. The van der Waals surface area contributed by atoms with E-state index in [4.69, 9.17) is 0 Å². The van der Waals surface area contributed by atoms with Gasteiger partial charge in [-0.3, -0.25) is 14.4 Å². The van der Waals surface area contributed by atoms with E-state index in [9.17, 15) is 24.3 Å². The zero-order valence-corrected chi connectivity index (χ0v) is 36.9. The van der Waals surface area contributed by atoms with E-state index in [-0.39, 0.29) is 65.5 Å². The number of benzene rings is 3. The van der Waals surface area contributed by atoms with E-state index in [1.54, 1.807) is 65.1 Å². The van der Waals surface area contributed by atoms with Crippen LogP contribution in [0.1, 0.15) is 29.8 Å². The molecule has 0 fully saturated rings. The molecule has 6 aromatic heterocycles. The summed E-state index contributed by atoms with van der Waals surface area (Å²) < 4.78 is 11.1. The smallest absolute Gasteiger partial charge is 1.00 e. The summed E-state index contributed by atoms with van der Waals surface area (Å²) in [5, 5.41) is 9.95. The van der Waals surface area contributed by atoms with Gasteiger partial charge in [-0.25, -0.2) is 4.79 Å². The zero-order valence-electron chi connectivity index (χ0n) is 33.1. The first kappa shape index (κ1) is 46.8. The molecule has 12 nitrogen and oxygen atoms in total. The van der Waals surface area contributed by atoms with Gasteiger partial charge in [0.25, 0.3) is 16.7 Å². The van der Waals surface area contributed by atoms with Crippen molar-refractivity contribution < 1.29 is 27.0 Å². The van der Waals surface area contributed by atoms with Crippen LogP contribution in [0.2, 0.25) is 0 Å². The van der Waals surface area contributed by atoms with E-state index in [0.717, 1.165) is 38.1 Å². The first-order valence-electron chi connectivity index (χ1n) is 17.8. The molecule has 0 amide bonds. The summed E-state index contributed by atoms with van der Waals surface area (Å²) in [6, 6.07) is 33.1. The number of nitrogens with one attached hydrogen (secondary N) is 3. The maximum atomic E-state index is 11.9. The van der Waals surface area contributed by atoms with Gasteiger partial charge in [0.2, 0.25) is 0 Å². The Morgan fingerprint density at radius 2 is 0.933 bits per heavy atom. The van der Waals surface area contributed by atoms with Gasteiger partial charge in [0, 0.05) is 41.7 Å². The third-order valence-corrected chi connectivity index (χ3v) is 9.79. The molecule has 0 aliphatic rings. The van der Waals surface area contributed by atoms with Crippen molar-refractivity contribution in [3.05, 3.63) is 200 Å². The normalized spacial score (nSPS) is 10.6. The Hall–Kier alpha value is -5.90. The van der Waals surface area contributed by atoms with Gasteiger partial charge in [0.15, 0.2) is 0 Å². The third-order valence-electron chi connectivity index (χ3n) is 9.26. The molecule has 0 aliphatic carbocycles. The number of esters is 1. The molecule has 0 aliphatic heterocycles. The second kappa shape index (κ2) is 19.9. The number of fused-ring (bicyclic) bond motifs is 3. The number of halogens is 2. The van der Waals surface area contributed by atoms with Gasteiger partial charge in [0.1, 0.15) is 16.6 Å². The number of H-pyrrole nitrogens is 3. The molecule has 0 saturated carbocycles. The number of methoxy groups -OCH3 is 1. The van der Waals surface area contributed by atoms with Crippen LogP contribution in [0, 0.1) is 7.43 Å². The van der Waals surface area contributed by atoms with Crippen LogP contribution in [0.5, 0.6) is 0 Å². The van der Waals surface area contributed by atoms with Crippen molar-refractivity contribution in [3.63, 3.8) is 0 Å². The molecule has 0 spiro atoms. The third kappa shape index (κ3) is 10.4. The second-order valence-corrected chi connectivity index (χ2v) is 14.5. The summed E-state index contributed by atoms with van der Waals surface area (Å²) >= 11 is 3.39. The minimum Gasteiger partial charge on any atom is -1.00 e. The number of carbonyl (C=O) groups excluding carboxylic acids is 1. The van der Waals surface area contributed by atoms with Crippen molar-refractivity contribution in [2.75, 3.05) is 7.11 Å². The Bertz CT molecular complexity index is 3030. The quantitative estimate of drug-likeness (QED) is 0.111. The number of ether oxygens (including phenoxy) is 1. The summed E-state index contributed by atoms with van der Waals surface area (Å²) in [5.41, 5.74) is 6.97. The minimum absolute atomic E-state index is 0. The second-order valence-electron chi connectivity index (χ2n) is 13.6. The molecule has 9 rings (SSSR count). The molecule has 0 atom stereocenters. The van der Waals surface area contributed by atoms with Crippen LogP contribution in [0.3, 0.4) is 0 Å². The average molecular weight is 901 g/mol. The molecule has 0 saturated heterocycles. The van der Waals surface area contributed by atoms with Gasteiger partial charge in [-0.1, -0.05) is 64.5 Å². The van der Waals surface area contributed by atoms with Crippen LogP contribution in [0.25, 0.3) is 50.3 Å². The molecule has 0 bridgehead atoms. The topological polar surface area (TPSA) is 158 Å². The molecule has 0 unspecified atom stereocenters.